The molecule has 0 bridgehead atoms. The lowest BCUT2D eigenvalue weighted by Gasteiger charge is -2.23. The summed E-state index contributed by atoms with van der Waals surface area (Å²) in [5, 5.41) is 26.2. The van der Waals surface area contributed by atoms with E-state index in [0.29, 0.717) is 13.1 Å². The van der Waals surface area contributed by atoms with Crippen molar-refractivity contribution in [1.82, 2.24) is 9.36 Å². The molecule has 1 aliphatic carbocycles. The molecule has 0 spiro atoms. The van der Waals surface area contributed by atoms with Crippen LogP contribution in [0, 0.1) is 5.41 Å². The highest BCUT2D eigenvalue weighted by molar-refractivity contribution is 6.53. The molecule has 11 heteroatoms. The van der Waals surface area contributed by atoms with E-state index in [1.807, 2.05) is 0 Å². The second-order valence-corrected chi connectivity index (χ2v) is 6.32. The summed E-state index contributed by atoms with van der Waals surface area (Å²) in [5.74, 6) is -0.568. The Morgan fingerprint density at radius 2 is 1.86 bits per heavy atom. The van der Waals surface area contributed by atoms with Gasteiger partial charge in [0, 0.05) is 19.2 Å². The van der Waals surface area contributed by atoms with Gasteiger partial charge in [-0.15, -0.1) is 0 Å². The molecule has 1 aromatic rings. The molecule has 28 heavy (non-hydrogen) atoms. The molecule has 0 saturated heterocycles. The Bertz CT molecular complexity index is 897. The highest BCUT2D eigenvalue weighted by Crippen LogP contribution is 2.24. The van der Waals surface area contributed by atoms with E-state index in [2.05, 4.69) is 4.99 Å². The van der Waals surface area contributed by atoms with Gasteiger partial charge in [0.25, 0.3) is 5.56 Å². The highest BCUT2D eigenvalue weighted by Gasteiger charge is 2.36. The standard InChI is InChI=1S/C17H23N5O6/c18-12-10(9-11(27-7-5-23)14(25)15(12)28-8-6-24)20-13-16(19)21-3-1-2-4-22(21)17(13)26/h9,15,18,23-24H,1-8,19H2. The predicted octanol–water partition coefficient (Wildman–Crippen LogP) is -1.03. The van der Waals surface area contributed by atoms with E-state index in [4.69, 9.17) is 30.8 Å². The fourth-order valence-corrected chi connectivity index (χ4v) is 3.16. The van der Waals surface area contributed by atoms with Gasteiger partial charge in [-0.3, -0.25) is 19.7 Å². The monoisotopic (exact) mass is 393 g/mol. The van der Waals surface area contributed by atoms with Crippen LogP contribution in [0.25, 0.3) is 0 Å². The maximum absolute atomic E-state index is 12.7. The number of anilines is 1. The lowest BCUT2D eigenvalue weighted by molar-refractivity contribution is -0.127. The van der Waals surface area contributed by atoms with Gasteiger partial charge in [-0.2, -0.15) is 0 Å². The number of aromatic nitrogens is 2. The second-order valence-electron chi connectivity index (χ2n) is 6.32. The molecule has 0 aromatic carbocycles. The van der Waals surface area contributed by atoms with Gasteiger partial charge < -0.3 is 25.4 Å². The third-order valence-electron chi connectivity index (χ3n) is 4.48. The van der Waals surface area contributed by atoms with Crippen molar-refractivity contribution >= 4 is 28.7 Å². The number of aliphatic hydroxyl groups excluding tert-OH is 2. The first-order valence-corrected chi connectivity index (χ1v) is 8.98. The van der Waals surface area contributed by atoms with Crippen molar-refractivity contribution in [2.75, 3.05) is 32.2 Å². The molecule has 2 aliphatic rings. The largest absolute Gasteiger partial charge is 0.487 e. The minimum atomic E-state index is -1.33. The zero-order chi connectivity index (χ0) is 20.3. The van der Waals surface area contributed by atoms with Crippen molar-refractivity contribution in [2.45, 2.75) is 32.0 Å². The predicted molar refractivity (Wildman–Crippen MR) is 100 cm³/mol. The van der Waals surface area contributed by atoms with E-state index in [1.54, 1.807) is 4.68 Å². The van der Waals surface area contributed by atoms with Crippen molar-refractivity contribution < 1.29 is 24.5 Å². The summed E-state index contributed by atoms with van der Waals surface area (Å²) in [4.78, 5) is 29.4. The third kappa shape index (κ3) is 3.63. The SMILES string of the molecule is N=C1C(=Nc2c(N)n3n(c2=O)CCCC3)C=C(OCCO)C(=O)C1OCCO. The molecule has 152 valence electrons. The van der Waals surface area contributed by atoms with E-state index < -0.39 is 11.9 Å². The zero-order valence-electron chi connectivity index (χ0n) is 15.3. The van der Waals surface area contributed by atoms with Crippen molar-refractivity contribution in [1.29, 1.82) is 5.41 Å². The zero-order valence-corrected chi connectivity index (χ0v) is 15.3. The number of nitrogens with one attached hydrogen (secondary N) is 1. The van der Waals surface area contributed by atoms with Crippen LogP contribution in [0.5, 0.6) is 0 Å². The molecule has 5 N–H and O–H groups in total. The van der Waals surface area contributed by atoms with Crippen LogP contribution in [0.3, 0.4) is 0 Å². The van der Waals surface area contributed by atoms with E-state index >= 15 is 0 Å². The lowest BCUT2D eigenvalue weighted by Crippen LogP contribution is -2.42. The number of rotatable bonds is 7. The topological polar surface area (TPSA) is 165 Å². The van der Waals surface area contributed by atoms with Crippen LogP contribution in [0.1, 0.15) is 12.8 Å². The van der Waals surface area contributed by atoms with Crippen molar-refractivity contribution in [3.63, 3.8) is 0 Å². The van der Waals surface area contributed by atoms with Crippen LogP contribution in [-0.4, -0.2) is 69.3 Å². The first-order valence-electron chi connectivity index (χ1n) is 8.98. The first-order chi connectivity index (χ1) is 13.5. The number of carbonyl (C=O) groups excluding carboxylic acids is 1. The lowest BCUT2D eigenvalue weighted by atomic mass is 9.97. The minimum Gasteiger partial charge on any atom is -0.487 e. The average Bonchev–Trinajstić information content (AvgIpc) is 2.94. The molecule has 1 unspecified atom stereocenters. The number of aliphatic hydroxyl groups is 2. The highest BCUT2D eigenvalue weighted by atomic mass is 16.5. The maximum atomic E-state index is 12.7. The normalized spacial score (nSPS) is 21.0. The second kappa shape index (κ2) is 8.50. The van der Waals surface area contributed by atoms with Crippen LogP contribution >= 0.6 is 0 Å². The molecule has 1 aliphatic heterocycles. The molecule has 1 atom stereocenters. The van der Waals surface area contributed by atoms with E-state index in [9.17, 15) is 9.59 Å². The number of hydrogen-bond acceptors (Lipinski definition) is 9. The number of ether oxygens (including phenoxy) is 2. The Kier molecular flexibility index (Phi) is 6.07. The molecule has 3 rings (SSSR count). The fraction of sp³-hybridized carbons (Fsp3) is 0.529. The van der Waals surface area contributed by atoms with Gasteiger partial charge in [0.15, 0.2) is 23.4 Å². The molecule has 0 radical (unpaired) electrons. The molecule has 0 saturated carbocycles. The number of carbonyl (C=O) groups is 1. The quantitative estimate of drug-likeness (QED) is 0.460. The van der Waals surface area contributed by atoms with Gasteiger partial charge in [0.1, 0.15) is 6.61 Å². The first kappa shape index (κ1) is 20.0. The van der Waals surface area contributed by atoms with E-state index in [1.165, 1.54) is 10.8 Å². The number of fused-ring (bicyclic) bond motifs is 1. The number of nitrogens with zero attached hydrogens (tertiary/aromatic N) is 3. The number of nitrogens with two attached hydrogens (primary N) is 1. The number of aliphatic imine (C=N–C) groups is 1. The summed E-state index contributed by atoms with van der Waals surface area (Å²) >= 11 is 0. The van der Waals surface area contributed by atoms with E-state index in [0.717, 1.165) is 12.8 Å². The molecular formula is C17H23N5O6. The Balaban J connectivity index is 2.04. The summed E-state index contributed by atoms with van der Waals surface area (Å²) in [6.07, 6.45) is 1.67. The van der Waals surface area contributed by atoms with Crippen molar-refractivity contribution in [2.24, 2.45) is 4.99 Å². The molecule has 0 fully saturated rings. The van der Waals surface area contributed by atoms with Gasteiger partial charge in [-0.05, 0) is 12.8 Å². The van der Waals surface area contributed by atoms with Crippen LogP contribution in [0.4, 0.5) is 11.5 Å². The molecule has 1 aromatic heterocycles. The third-order valence-corrected chi connectivity index (χ3v) is 4.48. The average molecular weight is 393 g/mol. The molecule has 0 amide bonds. The van der Waals surface area contributed by atoms with Gasteiger partial charge in [0.2, 0.25) is 5.78 Å². The molecular weight excluding hydrogens is 370 g/mol. The minimum absolute atomic E-state index is 0.00262. The van der Waals surface area contributed by atoms with Crippen molar-refractivity contribution in [3.05, 3.63) is 22.2 Å². The molecule has 2 heterocycles. The Morgan fingerprint density at radius 3 is 2.50 bits per heavy atom. The summed E-state index contributed by atoms with van der Waals surface area (Å²) in [7, 11) is 0. The Hall–Kier alpha value is -2.76. The maximum Gasteiger partial charge on any atom is 0.294 e. The molecule has 11 nitrogen and oxygen atoms in total. The summed E-state index contributed by atoms with van der Waals surface area (Å²) in [5.41, 5.74) is 5.46. The van der Waals surface area contributed by atoms with Crippen molar-refractivity contribution in [3.8, 4) is 0 Å². The number of nitrogen functional groups attached to an aromatic ring is 1. The number of Topliss-reactive ketones (excluding diaryl/α,β-unsaturated/α-hetero) is 1. The summed E-state index contributed by atoms with van der Waals surface area (Å²) in [6.45, 7) is 0.205. The van der Waals surface area contributed by atoms with Gasteiger partial charge >= 0.3 is 0 Å². The fourth-order valence-electron chi connectivity index (χ4n) is 3.16. The van der Waals surface area contributed by atoms with Gasteiger partial charge in [0.05, 0.1) is 31.2 Å². The van der Waals surface area contributed by atoms with E-state index in [-0.39, 0.29) is 60.7 Å². The Labute approximate surface area is 160 Å². The van der Waals surface area contributed by atoms with Gasteiger partial charge in [-0.25, -0.2) is 9.67 Å². The number of hydrogen-bond donors (Lipinski definition) is 4. The summed E-state index contributed by atoms with van der Waals surface area (Å²) < 4.78 is 13.7. The number of ketones is 1. The smallest absolute Gasteiger partial charge is 0.294 e. The van der Waals surface area contributed by atoms with Crippen LogP contribution in [0.15, 0.2) is 21.6 Å². The summed E-state index contributed by atoms with van der Waals surface area (Å²) in [6, 6.07) is 0. The van der Waals surface area contributed by atoms with Crippen LogP contribution < -0.4 is 11.3 Å². The van der Waals surface area contributed by atoms with Gasteiger partial charge in [-0.1, -0.05) is 0 Å². The van der Waals surface area contributed by atoms with Crippen LogP contribution in [0.2, 0.25) is 0 Å². The Morgan fingerprint density at radius 1 is 1.18 bits per heavy atom. The van der Waals surface area contributed by atoms with Crippen LogP contribution in [-0.2, 0) is 27.4 Å². The number of allylic oxidation sites excluding steroid dienone is 1.